The van der Waals surface area contributed by atoms with Crippen molar-refractivity contribution in [1.29, 1.82) is 0 Å². The molecular weight excluding hydrogens is 277 g/mol. The highest BCUT2D eigenvalue weighted by molar-refractivity contribution is 5.33. The first kappa shape index (κ1) is 14.9. The molecule has 0 bridgehead atoms. The van der Waals surface area contributed by atoms with Gasteiger partial charge in [0.25, 0.3) is 5.69 Å². The maximum Gasteiger partial charge on any atom is 0.269 e. The predicted octanol–water partition coefficient (Wildman–Crippen LogP) is 3.37. The van der Waals surface area contributed by atoms with Crippen molar-refractivity contribution >= 4 is 5.69 Å². The molecule has 0 aliphatic rings. The Kier molecular flexibility index (Phi) is 4.49. The lowest BCUT2D eigenvalue weighted by molar-refractivity contribution is -0.384. The second kappa shape index (κ2) is 6.32. The molecule has 0 aliphatic heterocycles. The van der Waals surface area contributed by atoms with Gasteiger partial charge in [0, 0.05) is 23.8 Å². The first-order valence-electron chi connectivity index (χ1n) is 6.31. The van der Waals surface area contributed by atoms with E-state index < -0.39 is 16.8 Å². The molecule has 1 atom stereocenters. The molecule has 0 saturated heterocycles. The molecule has 0 aliphatic carbocycles. The van der Waals surface area contributed by atoms with Gasteiger partial charge in [-0.3, -0.25) is 10.1 Å². The highest BCUT2D eigenvalue weighted by atomic mass is 19.1. The van der Waals surface area contributed by atoms with Crippen molar-refractivity contribution in [2.24, 2.45) is 0 Å². The van der Waals surface area contributed by atoms with Crippen LogP contribution in [0.5, 0.6) is 5.75 Å². The Hall–Kier alpha value is -2.47. The van der Waals surface area contributed by atoms with Gasteiger partial charge >= 0.3 is 0 Å². The zero-order valence-corrected chi connectivity index (χ0v) is 11.3. The Bertz CT molecular complexity index is 641. The molecule has 0 aromatic heterocycles. The summed E-state index contributed by atoms with van der Waals surface area (Å²) in [5.41, 5.74) is 0.948. The topological polar surface area (TPSA) is 72.6 Å². The fourth-order valence-electron chi connectivity index (χ4n) is 1.82. The number of non-ortho nitro benzene ring substituents is 1. The Labute approximate surface area is 120 Å². The first-order valence-corrected chi connectivity index (χ1v) is 6.31. The lowest BCUT2D eigenvalue weighted by Gasteiger charge is -2.10. The number of aliphatic hydroxyl groups excluding tert-OH is 1. The summed E-state index contributed by atoms with van der Waals surface area (Å²) >= 11 is 0. The maximum atomic E-state index is 13.7. The Morgan fingerprint density at radius 1 is 1.29 bits per heavy atom. The number of nitrogens with zero attached hydrogens (tertiary/aromatic N) is 1. The van der Waals surface area contributed by atoms with E-state index in [0.29, 0.717) is 5.75 Å². The minimum Gasteiger partial charge on any atom is -0.489 e. The third-order valence-electron chi connectivity index (χ3n) is 2.97. The average molecular weight is 291 g/mol. The summed E-state index contributed by atoms with van der Waals surface area (Å²) in [7, 11) is 0. The van der Waals surface area contributed by atoms with Gasteiger partial charge in [-0.2, -0.15) is 0 Å². The monoisotopic (exact) mass is 291 g/mol. The van der Waals surface area contributed by atoms with Gasteiger partial charge in [0.15, 0.2) is 0 Å². The van der Waals surface area contributed by atoms with Crippen molar-refractivity contribution in [2.75, 3.05) is 0 Å². The second-order valence-corrected chi connectivity index (χ2v) is 4.57. The number of halogens is 1. The fraction of sp³-hybridized carbons (Fsp3) is 0.200. The van der Waals surface area contributed by atoms with E-state index in [2.05, 4.69) is 0 Å². The summed E-state index contributed by atoms with van der Waals surface area (Å²) in [4.78, 5) is 10.1. The normalized spacial score (nSPS) is 12.0. The molecule has 0 radical (unpaired) electrons. The van der Waals surface area contributed by atoms with Crippen LogP contribution in [0, 0.1) is 15.9 Å². The predicted molar refractivity (Wildman–Crippen MR) is 74.5 cm³/mol. The molecule has 5 nitrogen and oxygen atoms in total. The van der Waals surface area contributed by atoms with Gasteiger partial charge in [0.05, 0.1) is 11.0 Å². The summed E-state index contributed by atoms with van der Waals surface area (Å²) in [6.07, 6.45) is -0.881. The molecule has 0 spiro atoms. The van der Waals surface area contributed by atoms with Gasteiger partial charge in [-0.25, -0.2) is 4.39 Å². The van der Waals surface area contributed by atoms with Crippen LogP contribution >= 0.6 is 0 Å². The maximum absolute atomic E-state index is 13.7. The van der Waals surface area contributed by atoms with E-state index in [1.807, 2.05) is 0 Å². The van der Waals surface area contributed by atoms with Gasteiger partial charge in [-0.1, -0.05) is 0 Å². The van der Waals surface area contributed by atoms with Gasteiger partial charge < -0.3 is 9.84 Å². The molecule has 0 saturated carbocycles. The number of aliphatic hydroxyl groups is 1. The quantitative estimate of drug-likeness (QED) is 0.677. The summed E-state index contributed by atoms with van der Waals surface area (Å²) in [5.74, 6) is -0.207. The number of hydrogen-bond acceptors (Lipinski definition) is 4. The molecule has 1 N–H and O–H groups in total. The Morgan fingerprint density at radius 3 is 2.48 bits per heavy atom. The SMILES string of the molecule is C[C@H](O)c1ccc(OCc2ccc([N+](=O)[O-])cc2)cc1F. The number of nitro benzene ring substituents is 1. The molecule has 0 fully saturated rings. The smallest absolute Gasteiger partial charge is 0.269 e. The average Bonchev–Trinajstić information content (AvgIpc) is 2.45. The van der Waals surface area contributed by atoms with E-state index in [9.17, 15) is 19.6 Å². The van der Waals surface area contributed by atoms with E-state index in [0.717, 1.165) is 5.56 Å². The number of hydrogen-bond donors (Lipinski definition) is 1. The standard InChI is InChI=1S/C15H14FNO4/c1-10(18)14-7-6-13(8-15(14)16)21-9-11-2-4-12(5-3-11)17(19)20/h2-8,10,18H,9H2,1H3/t10-/m0/s1. The van der Waals surface area contributed by atoms with E-state index in [4.69, 9.17) is 4.74 Å². The fourth-order valence-corrected chi connectivity index (χ4v) is 1.82. The highest BCUT2D eigenvalue weighted by Crippen LogP contribution is 2.22. The number of nitro groups is 1. The van der Waals surface area contributed by atoms with Crippen molar-refractivity contribution in [3.8, 4) is 5.75 Å². The van der Waals surface area contributed by atoms with E-state index >= 15 is 0 Å². The molecule has 0 unspecified atom stereocenters. The van der Waals surface area contributed by atoms with Gasteiger partial charge in [-0.05, 0) is 36.8 Å². The van der Waals surface area contributed by atoms with Crippen LogP contribution in [0.2, 0.25) is 0 Å². The molecule has 2 aromatic carbocycles. The number of rotatable bonds is 5. The zero-order valence-electron chi connectivity index (χ0n) is 11.3. The molecular formula is C15H14FNO4. The third kappa shape index (κ3) is 3.76. The third-order valence-corrected chi connectivity index (χ3v) is 2.97. The van der Waals surface area contributed by atoms with E-state index in [-0.39, 0.29) is 17.9 Å². The van der Waals surface area contributed by atoms with Gasteiger partial charge in [0.1, 0.15) is 18.2 Å². The van der Waals surface area contributed by atoms with Crippen LogP contribution in [0.3, 0.4) is 0 Å². The minimum atomic E-state index is -0.881. The molecule has 110 valence electrons. The van der Waals surface area contributed by atoms with Crippen LogP contribution in [0.1, 0.15) is 24.2 Å². The Balaban J connectivity index is 2.02. The number of ether oxygens (including phenoxy) is 1. The van der Waals surface area contributed by atoms with Crippen molar-refractivity contribution in [1.82, 2.24) is 0 Å². The van der Waals surface area contributed by atoms with Crippen LogP contribution < -0.4 is 4.74 Å². The lowest BCUT2D eigenvalue weighted by Crippen LogP contribution is -1.99. The summed E-state index contributed by atoms with van der Waals surface area (Å²) in [6, 6.07) is 10.2. The summed E-state index contributed by atoms with van der Waals surface area (Å²) < 4.78 is 19.1. The van der Waals surface area contributed by atoms with Crippen LogP contribution in [-0.2, 0) is 6.61 Å². The van der Waals surface area contributed by atoms with Crippen LogP contribution in [0.4, 0.5) is 10.1 Å². The highest BCUT2D eigenvalue weighted by Gasteiger charge is 2.09. The van der Waals surface area contributed by atoms with Gasteiger partial charge in [0.2, 0.25) is 0 Å². The zero-order chi connectivity index (χ0) is 15.4. The van der Waals surface area contributed by atoms with Gasteiger partial charge in [-0.15, -0.1) is 0 Å². The molecule has 0 heterocycles. The molecule has 21 heavy (non-hydrogen) atoms. The summed E-state index contributed by atoms with van der Waals surface area (Å²) in [5, 5.41) is 19.9. The first-order chi connectivity index (χ1) is 9.97. The number of benzene rings is 2. The second-order valence-electron chi connectivity index (χ2n) is 4.57. The molecule has 2 rings (SSSR count). The lowest BCUT2D eigenvalue weighted by atomic mass is 10.1. The Morgan fingerprint density at radius 2 is 1.95 bits per heavy atom. The summed E-state index contributed by atoms with van der Waals surface area (Å²) in [6.45, 7) is 1.65. The van der Waals surface area contributed by atoms with E-state index in [1.54, 1.807) is 18.2 Å². The molecule has 6 heteroatoms. The van der Waals surface area contributed by atoms with Crippen LogP contribution in [0.25, 0.3) is 0 Å². The minimum absolute atomic E-state index is 0.00563. The van der Waals surface area contributed by atoms with Crippen molar-refractivity contribution in [3.63, 3.8) is 0 Å². The van der Waals surface area contributed by atoms with Crippen LogP contribution in [0.15, 0.2) is 42.5 Å². The van der Waals surface area contributed by atoms with Crippen molar-refractivity contribution < 1.29 is 19.2 Å². The molecule has 0 amide bonds. The van der Waals surface area contributed by atoms with Crippen molar-refractivity contribution in [2.45, 2.75) is 19.6 Å². The largest absolute Gasteiger partial charge is 0.489 e. The van der Waals surface area contributed by atoms with Crippen molar-refractivity contribution in [3.05, 3.63) is 69.5 Å². The van der Waals surface area contributed by atoms with Crippen LogP contribution in [-0.4, -0.2) is 10.0 Å². The molecule has 2 aromatic rings. The van der Waals surface area contributed by atoms with E-state index in [1.165, 1.54) is 31.2 Å².